The molecule has 128 valence electrons. The fourth-order valence-corrected chi connectivity index (χ4v) is 2.83. The van der Waals surface area contributed by atoms with Gasteiger partial charge in [0, 0.05) is 0 Å². The van der Waals surface area contributed by atoms with Gasteiger partial charge in [-0.15, -0.1) is 0 Å². The molecule has 0 spiro atoms. The van der Waals surface area contributed by atoms with E-state index < -0.39 is 5.97 Å². The zero-order valence-electron chi connectivity index (χ0n) is 14.3. The Morgan fingerprint density at radius 3 is 2.29 bits per heavy atom. The first-order valence-corrected chi connectivity index (χ1v) is 8.83. The number of rotatable bonds is 7. The molecule has 3 nitrogen and oxygen atoms in total. The third-order valence-electron chi connectivity index (χ3n) is 4.37. The average Bonchev–Trinajstić information content (AvgIpc) is 2.54. The lowest BCUT2D eigenvalue weighted by molar-refractivity contribution is -0.136. The quantitative estimate of drug-likeness (QED) is 0.693. The van der Waals surface area contributed by atoms with Crippen molar-refractivity contribution in [3.05, 3.63) is 63.6 Å². The SMILES string of the molecule is CCC(C)(C)c1ccc(OCc2ccc(CC(=O)O)cc2)c(Br)c1. The highest BCUT2D eigenvalue weighted by Gasteiger charge is 2.19. The van der Waals surface area contributed by atoms with Crippen molar-refractivity contribution >= 4 is 21.9 Å². The van der Waals surface area contributed by atoms with Gasteiger partial charge in [0.2, 0.25) is 0 Å². The predicted octanol–water partition coefficient (Wildman–Crippen LogP) is 5.34. The van der Waals surface area contributed by atoms with Crippen LogP contribution in [0.25, 0.3) is 0 Å². The number of carbonyl (C=O) groups is 1. The van der Waals surface area contributed by atoms with E-state index in [0.29, 0.717) is 6.61 Å². The molecular formula is C20H23BrO3. The summed E-state index contributed by atoms with van der Waals surface area (Å²) in [6.45, 7) is 7.09. The maximum absolute atomic E-state index is 10.7. The standard InChI is InChI=1S/C20H23BrO3/c1-4-20(2,3)16-9-10-18(17(21)12-16)24-13-15-7-5-14(6-8-15)11-19(22)23/h5-10,12H,4,11,13H2,1-3H3,(H,22,23). The van der Waals surface area contributed by atoms with Crippen molar-refractivity contribution in [2.75, 3.05) is 0 Å². The number of aliphatic carboxylic acids is 1. The Labute approximate surface area is 151 Å². The van der Waals surface area contributed by atoms with Gasteiger partial charge in [0.15, 0.2) is 0 Å². The summed E-state index contributed by atoms with van der Waals surface area (Å²) < 4.78 is 6.83. The van der Waals surface area contributed by atoms with E-state index in [0.717, 1.165) is 27.8 Å². The molecule has 2 aromatic rings. The Kier molecular flexibility index (Phi) is 6.05. The monoisotopic (exact) mass is 390 g/mol. The van der Waals surface area contributed by atoms with Crippen molar-refractivity contribution in [1.29, 1.82) is 0 Å². The van der Waals surface area contributed by atoms with Crippen LogP contribution in [0, 0.1) is 0 Å². The first kappa shape index (κ1) is 18.5. The minimum Gasteiger partial charge on any atom is -0.488 e. The molecule has 0 aromatic heterocycles. The highest BCUT2D eigenvalue weighted by atomic mass is 79.9. The van der Waals surface area contributed by atoms with Gasteiger partial charge < -0.3 is 9.84 Å². The third kappa shape index (κ3) is 4.84. The second-order valence-electron chi connectivity index (χ2n) is 6.56. The molecule has 0 radical (unpaired) electrons. The summed E-state index contributed by atoms with van der Waals surface area (Å²) in [6, 6.07) is 13.7. The van der Waals surface area contributed by atoms with E-state index in [2.05, 4.69) is 48.8 Å². The van der Waals surface area contributed by atoms with Gasteiger partial charge in [-0.25, -0.2) is 0 Å². The number of carboxylic acids is 1. The largest absolute Gasteiger partial charge is 0.488 e. The lowest BCUT2D eigenvalue weighted by atomic mass is 9.82. The third-order valence-corrected chi connectivity index (χ3v) is 4.99. The van der Waals surface area contributed by atoms with Crippen LogP contribution in [0.2, 0.25) is 0 Å². The highest BCUT2D eigenvalue weighted by molar-refractivity contribution is 9.10. The second-order valence-corrected chi connectivity index (χ2v) is 7.41. The van der Waals surface area contributed by atoms with Crippen LogP contribution >= 0.6 is 15.9 Å². The fraction of sp³-hybridized carbons (Fsp3) is 0.350. The highest BCUT2D eigenvalue weighted by Crippen LogP contribution is 2.33. The van der Waals surface area contributed by atoms with Gasteiger partial charge in [-0.05, 0) is 56.6 Å². The first-order chi connectivity index (χ1) is 11.3. The predicted molar refractivity (Wildman–Crippen MR) is 99.6 cm³/mol. The van der Waals surface area contributed by atoms with Crippen molar-refractivity contribution in [2.24, 2.45) is 0 Å². The zero-order chi connectivity index (χ0) is 17.7. The molecule has 24 heavy (non-hydrogen) atoms. The molecule has 0 saturated heterocycles. The minimum atomic E-state index is -0.821. The molecule has 0 amide bonds. The van der Waals surface area contributed by atoms with Crippen LogP contribution in [0.3, 0.4) is 0 Å². The van der Waals surface area contributed by atoms with E-state index in [4.69, 9.17) is 9.84 Å². The normalized spacial score (nSPS) is 11.3. The van der Waals surface area contributed by atoms with Crippen molar-refractivity contribution in [2.45, 2.75) is 45.6 Å². The zero-order valence-corrected chi connectivity index (χ0v) is 15.9. The maximum atomic E-state index is 10.7. The number of hydrogen-bond acceptors (Lipinski definition) is 2. The van der Waals surface area contributed by atoms with E-state index in [9.17, 15) is 4.79 Å². The number of benzene rings is 2. The molecule has 0 saturated carbocycles. The van der Waals surface area contributed by atoms with E-state index >= 15 is 0 Å². The van der Waals surface area contributed by atoms with Crippen LogP contribution in [0.1, 0.15) is 43.9 Å². The van der Waals surface area contributed by atoms with E-state index in [1.165, 1.54) is 5.56 Å². The minimum absolute atomic E-state index is 0.0430. The molecule has 0 unspecified atom stereocenters. The van der Waals surface area contributed by atoms with Crippen molar-refractivity contribution in [3.8, 4) is 5.75 Å². The van der Waals surface area contributed by atoms with Crippen molar-refractivity contribution in [1.82, 2.24) is 0 Å². The number of carboxylic acid groups (broad SMARTS) is 1. The summed E-state index contributed by atoms with van der Waals surface area (Å²) in [5.74, 6) is -0.0155. The molecular weight excluding hydrogens is 368 g/mol. The molecule has 2 rings (SSSR count). The lowest BCUT2D eigenvalue weighted by Gasteiger charge is -2.24. The van der Waals surface area contributed by atoms with Crippen LogP contribution in [0.4, 0.5) is 0 Å². The summed E-state index contributed by atoms with van der Waals surface area (Å²) in [4.78, 5) is 10.7. The van der Waals surface area contributed by atoms with Crippen molar-refractivity contribution in [3.63, 3.8) is 0 Å². The van der Waals surface area contributed by atoms with Gasteiger partial charge in [0.1, 0.15) is 12.4 Å². The summed E-state index contributed by atoms with van der Waals surface area (Å²) in [5.41, 5.74) is 3.22. The molecule has 0 fully saturated rings. The Bertz CT molecular complexity index is 705. The van der Waals surface area contributed by atoms with E-state index in [1.807, 2.05) is 30.3 Å². The van der Waals surface area contributed by atoms with Gasteiger partial charge in [0.05, 0.1) is 10.9 Å². The van der Waals surface area contributed by atoms with Crippen LogP contribution in [0.15, 0.2) is 46.9 Å². The summed E-state index contributed by atoms with van der Waals surface area (Å²) in [7, 11) is 0. The van der Waals surface area contributed by atoms with Gasteiger partial charge in [-0.1, -0.05) is 51.1 Å². The number of ether oxygens (including phenoxy) is 1. The molecule has 4 heteroatoms. The van der Waals surface area contributed by atoms with Gasteiger partial charge in [0.25, 0.3) is 0 Å². The molecule has 0 heterocycles. The average molecular weight is 391 g/mol. The molecule has 0 aliphatic carbocycles. The summed E-state index contributed by atoms with van der Waals surface area (Å²) >= 11 is 3.59. The summed E-state index contributed by atoms with van der Waals surface area (Å²) in [5, 5.41) is 8.79. The first-order valence-electron chi connectivity index (χ1n) is 8.04. The Morgan fingerprint density at radius 1 is 1.12 bits per heavy atom. The van der Waals surface area contributed by atoms with Gasteiger partial charge in [-0.2, -0.15) is 0 Å². The molecule has 1 N–H and O–H groups in total. The van der Waals surface area contributed by atoms with E-state index in [-0.39, 0.29) is 11.8 Å². The molecule has 2 aromatic carbocycles. The van der Waals surface area contributed by atoms with Crippen molar-refractivity contribution < 1.29 is 14.6 Å². The fourth-order valence-electron chi connectivity index (χ4n) is 2.33. The molecule has 0 atom stereocenters. The van der Waals surface area contributed by atoms with E-state index in [1.54, 1.807) is 0 Å². The maximum Gasteiger partial charge on any atom is 0.307 e. The second kappa shape index (κ2) is 7.84. The van der Waals surface area contributed by atoms with Crippen LogP contribution in [-0.2, 0) is 23.2 Å². The van der Waals surface area contributed by atoms with Gasteiger partial charge in [-0.3, -0.25) is 4.79 Å². The Hall–Kier alpha value is -1.81. The lowest BCUT2D eigenvalue weighted by Crippen LogP contribution is -2.15. The number of hydrogen-bond donors (Lipinski definition) is 1. The van der Waals surface area contributed by atoms with Gasteiger partial charge >= 0.3 is 5.97 Å². The molecule has 0 aliphatic heterocycles. The summed E-state index contributed by atoms with van der Waals surface area (Å²) in [6.07, 6.45) is 1.11. The smallest absolute Gasteiger partial charge is 0.307 e. The Morgan fingerprint density at radius 2 is 1.75 bits per heavy atom. The Balaban J connectivity index is 2.03. The molecule has 0 aliphatic rings. The van der Waals surface area contributed by atoms with Crippen LogP contribution in [0.5, 0.6) is 5.75 Å². The number of halogens is 1. The molecule has 0 bridgehead atoms. The van der Waals surface area contributed by atoms with Crippen LogP contribution in [-0.4, -0.2) is 11.1 Å². The van der Waals surface area contributed by atoms with Crippen LogP contribution < -0.4 is 4.74 Å². The topological polar surface area (TPSA) is 46.5 Å².